The normalized spacial score (nSPS) is 24.0. The molecule has 1 atom stereocenters. The molecule has 0 aromatic rings. The SMILES string of the molecule is CCOC(=O)/C=C/[C@H]1CCCN1C. The molecule has 0 aromatic carbocycles. The zero-order valence-corrected chi connectivity index (χ0v) is 8.32. The van der Waals surface area contributed by atoms with E-state index in [1.54, 1.807) is 0 Å². The van der Waals surface area contributed by atoms with Crippen molar-refractivity contribution in [3.63, 3.8) is 0 Å². The number of esters is 1. The molecule has 3 nitrogen and oxygen atoms in total. The third kappa shape index (κ3) is 3.19. The molecule has 0 unspecified atom stereocenters. The predicted molar refractivity (Wildman–Crippen MR) is 51.4 cm³/mol. The summed E-state index contributed by atoms with van der Waals surface area (Å²) in [7, 11) is 2.08. The number of hydrogen-bond donors (Lipinski definition) is 0. The van der Waals surface area contributed by atoms with Crippen LogP contribution in [-0.4, -0.2) is 37.1 Å². The number of carbonyl (C=O) groups excluding carboxylic acids is 1. The molecular weight excluding hydrogens is 166 g/mol. The Morgan fingerprint density at radius 3 is 3.00 bits per heavy atom. The number of likely N-dealkylation sites (N-methyl/N-ethyl adjacent to an activating group) is 1. The molecule has 1 aliphatic heterocycles. The molecule has 0 aliphatic carbocycles. The zero-order chi connectivity index (χ0) is 9.68. The van der Waals surface area contributed by atoms with E-state index in [9.17, 15) is 4.79 Å². The number of ether oxygens (including phenoxy) is 1. The van der Waals surface area contributed by atoms with Gasteiger partial charge in [-0.3, -0.25) is 4.90 Å². The number of carbonyl (C=O) groups is 1. The molecule has 74 valence electrons. The van der Waals surface area contributed by atoms with Crippen molar-refractivity contribution in [2.24, 2.45) is 0 Å². The average molecular weight is 183 g/mol. The Morgan fingerprint density at radius 2 is 2.46 bits per heavy atom. The molecule has 0 spiro atoms. The lowest BCUT2D eigenvalue weighted by Gasteiger charge is -2.14. The molecule has 0 amide bonds. The van der Waals surface area contributed by atoms with Crippen LogP contribution in [0.5, 0.6) is 0 Å². The van der Waals surface area contributed by atoms with Gasteiger partial charge in [0.25, 0.3) is 0 Å². The lowest BCUT2D eigenvalue weighted by atomic mass is 10.2. The van der Waals surface area contributed by atoms with Gasteiger partial charge in [-0.1, -0.05) is 6.08 Å². The molecule has 1 saturated heterocycles. The summed E-state index contributed by atoms with van der Waals surface area (Å²) in [5.74, 6) is -0.234. The maximum Gasteiger partial charge on any atom is 0.330 e. The van der Waals surface area contributed by atoms with E-state index in [1.807, 2.05) is 13.0 Å². The van der Waals surface area contributed by atoms with Crippen LogP contribution < -0.4 is 0 Å². The molecular formula is C10H17NO2. The van der Waals surface area contributed by atoms with Gasteiger partial charge < -0.3 is 4.74 Å². The smallest absolute Gasteiger partial charge is 0.330 e. The van der Waals surface area contributed by atoms with Crippen LogP contribution in [0.15, 0.2) is 12.2 Å². The average Bonchev–Trinajstić information content (AvgIpc) is 2.48. The van der Waals surface area contributed by atoms with Gasteiger partial charge in [-0.2, -0.15) is 0 Å². The Hall–Kier alpha value is -0.830. The molecule has 0 saturated carbocycles. The van der Waals surface area contributed by atoms with E-state index in [1.165, 1.54) is 12.5 Å². The largest absolute Gasteiger partial charge is 0.463 e. The Kier molecular flexibility index (Phi) is 3.96. The molecule has 1 fully saturated rings. The maximum absolute atomic E-state index is 11.0. The first kappa shape index (κ1) is 10.3. The van der Waals surface area contributed by atoms with Gasteiger partial charge in [0.2, 0.25) is 0 Å². The molecule has 1 rings (SSSR count). The van der Waals surface area contributed by atoms with Gasteiger partial charge in [0, 0.05) is 12.1 Å². The van der Waals surface area contributed by atoms with Crippen LogP contribution >= 0.6 is 0 Å². The second-order valence-electron chi connectivity index (χ2n) is 3.30. The minimum Gasteiger partial charge on any atom is -0.463 e. The van der Waals surface area contributed by atoms with Gasteiger partial charge in [0.15, 0.2) is 0 Å². The van der Waals surface area contributed by atoms with Crippen LogP contribution in [0.2, 0.25) is 0 Å². The van der Waals surface area contributed by atoms with Gasteiger partial charge >= 0.3 is 5.97 Å². The summed E-state index contributed by atoms with van der Waals surface area (Å²) < 4.78 is 4.79. The highest BCUT2D eigenvalue weighted by atomic mass is 16.5. The van der Waals surface area contributed by atoms with Crippen molar-refractivity contribution in [1.29, 1.82) is 0 Å². The van der Waals surface area contributed by atoms with E-state index < -0.39 is 0 Å². The number of nitrogens with zero attached hydrogens (tertiary/aromatic N) is 1. The van der Waals surface area contributed by atoms with Crippen molar-refractivity contribution in [1.82, 2.24) is 4.90 Å². The summed E-state index contributed by atoms with van der Waals surface area (Å²) in [6, 6.07) is 0.421. The highest BCUT2D eigenvalue weighted by Gasteiger charge is 2.17. The monoisotopic (exact) mass is 183 g/mol. The van der Waals surface area contributed by atoms with Crippen LogP contribution in [-0.2, 0) is 9.53 Å². The lowest BCUT2D eigenvalue weighted by Crippen LogP contribution is -2.22. The van der Waals surface area contributed by atoms with E-state index >= 15 is 0 Å². The van der Waals surface area contributed by atoms with Gasteiger partial charge in [-0.25, -0.2) is 4.79 Å². The standard InChI is InChI=1S/C10H17NO2/c1-3-13-10(12)7-6-9-5-4-8-11(9)2/h6-7,9H,3-5,8H2,1-2H3/b7-6+/t9-/m1/s1. The third-order valence-corrected chi connectivity index (χ3v) is 2.32. The molecule has 0 N–H and O–H groups in total. The van der Waals surface area contributed by atoms with E-state index in [4.69, 9.17) is 4.74 Å². The Labute approximate surface area is 79.4 Å². The van der Waals surface area contributed by atoms with Crippen molar-refractivity contribution in [2.75, 3.05) is 20.2 Å². The molecule has 0 radical (unpaired) electrons. The van der Waals surface area contributed by atoms with Crippen molar-refractivity contribution in [3.8, 4) is 0 Å². The highest BCUT2D eigenvalue weighted by molar-refractivity contribution is 5.81. The second-order valence-corrected chi connectivity index (χ2v) is 3.30. The molecule has 0 aromatic heterocycles. The van der Waals surface area contributed by atoms with Gasteiger partial charge in [-0.15, -0.1) is 0 Å². The number of likely N-dealkylation sites (tertiary alicyclic amines) is 1. The summed E-state index contributed by atoms with van der Waals surface area (Å²) >= 11 is 0. The minimum atomic E-state index is -0.234. The Morgan fingerprint density at radius 1 is 1.69 bits per heavy atom. The first-order valence-corrected chi connectivity index (χ1v) is 4.79. The number of rotatable bonds is 3. The fourth-order valence-corrected chi connectivity index (χ4v) is 1.56. The van der Waals surface area contributed by atoms with Gasteiger partial charge in [0.05, 0.1) is 6.61 Å². The molecule has 3 heteroatoms. The first-order chi connectivity index (χ1) is 6.24. The second kappa shape index (κ2) is 5.02. The van der Waals surface area contributed by atoms with Crippen LogP contribution in [0.25, 0.3) is 0 Å². The summed E-state index contributed by atoms with van der Waals surface area (Å²) in [4.78, 5) is 13.2. The van der Waals surface area contributed by atoms with Crippen molar-refractivity contribution < 1.29 is 9.53 Å². The zero-order valence-electron chi connectivity index (χ0n) is 8.32. The molecule has 13 heavy (non-hydrogen) atoms. The van der Waals surface area contributed by atoms with Crippen LogP contribution in [0, 0.1) is 0 Å². The van der Waals surface area contributed by atoms with Crippen molar-refractivity contribution in [3.05, 3.63) is 12.2 Å². The van der Waals surface area contributed by atoms with Crippen molar-refractivity contribution >= 4 is 5.97 Å². The molecule has 1 aliphatic rings. The van der Waals surface area contributed by atoms with Crippen LogP contribution in [0.1, 0.15) is 19.8 Å². The Bertz CT molecular complexity index is 201. The fourth-order valence-electron chi connectivity index (χ4n) is 1.56. The number of hydrogen-bond acceptors (Lipinski definition) is 3. The minimum absolute atomic E-state index is 0.234. The summed E-state index contributed by atoms with van der Waals surface area (Å²) in [6.45, 7) is 3.38. The van der Waals surface area contributed by atoms with E-state index in [0.29, 0.717) is 12.6 Å². The predicted octanol–water partition coefficient (Wildman–Crippen LogP) is 1.20. The van der Waals surface area contributed by atoms with E-state index in [2.05, 4.69) is 11.9 Å². The summed E-state index contributed by atoms with van der Waals surface area (Å²) in [5, 5.41) is 0. The van der Waals surface area contributed by atoms with E-state index in [0.717, 1.165) is 13.0 Å². The summed E-state index contributed by atoms with van der Waals surface area (Å²) in [6.07, 6.45) is 5.84. The Balaban J connectivity index is 2.34. The van der Waals surface area contributed by atoms with Gasteiger partial charge in [0.1, 0.15) is 0 Å². The van der Waals surface area contributed by atoms with Crippen LogP contribution in [0.3, 0.4) is 0 Å². The first-order valence-electron chi connectivity index (χ1n) is 4.79. The van der Waals surface area contributed by atoms with Crippen LogP contribution in [0.4, 0.5) is 0 Å². The summed E-state index contributed by atoms with van der Waals surface area (Å²) in [5.41, 5.74) is 0. The maximum atomic E-state index is 11.0. The molecule has 1 heterocycles. The quantitative estimate of drug-likeness (QED) is 0.486. The van der Waals surface area contributed by atoms with E-state index in [-0.39, 0.29) is 5.97 Å². The van der Waals surface area contributed by atoms with Crippen molar-refractivity contribution in [2.45, 2.75) is 25.8 Å². The van der Waals surface area contributed by atoms with Gasteiger partial charge in [-0.05, 0) is 33.4 Å². The third-order valence-electron chi connectivity index (χ3n) is 2.32. The highest BCUT2D eigenvalue weighted by Crippen LogP contribution is 2.15. The topological polar surface area (TPSA) is 29.5 Å². The fraction of sp³-hybridized carbons (Fsp3) is 0.700. The lowest BCUT2D eigenvalue weighted by molar-refractivity contribution is -0.137. The molecule has 0 bridgehead atoms.